The van der Waals surface area contributed by atoms with Crippen LogP contribution in [-0.2, 0) is 0 Å². The van der Waals surface area contributed by atoms with Crippen molar-refractivity contribution in [3.05, 3.63) is 0 Å². The smallest absolute Gasteiger partial charge is 0.0669 e. The molecule has 1 atom stereocenters. The molecule has 0 fully saturated rings. The molecule has 92 valence electrons. The molecule has 15 heavy (non-hydrogen) atoms. The van der Waals surface area contributed by atoms with Gasteiger partial charge in [-0.3, -0.25) is 0 Å². The van der Waals surface area contributed by atoms with Crippen LogP contribution < -0.4 is 5.32 Å². The first-order valence-electron chi connectivity index (χ1n) is 5.92. The Hall–Kier alpha value is 0.270. The average molecular weight is 233 g/mol. The zero-order valence-corrected chi connectivity index (χ0v) is 11.5. The second kappa shape index (κ2) is 8.43. The third-order valence-electron chi connectivity index (χ3n) is 2.07. The SMILES string of the molecule is CCSCCCNCC(O)CC(C)(C)C. The molecule has 0 spiro atoms. The van der Waals surface area contributed by atoms with Gasteiger partial charge in [0, 0.05) is 6.54 Å². The second-order valence-corrected chi connectivity index (χ2v) is 6.57. The Morgan fingerprint density at radius 3 is 2.53 bits per heavy atom. The van der Waals surface area contributed by atoms with E-state index in [2.05, 4.69) is 33.0 Å². The highest BCUT2D eigenvalue weighted by Gasteiger charge is 2.15. The van der Waals surface area contributed by atoms with Crippen LogP contribution in [0, 0.1) is 5.41 Å². The topological polar surface area (TPSA) is 32.3 Å². The van der Waals surface area contributed by atoms with Crippen LogP contribution in [0.15, 0.2) is 0 Å². The zero-order chi connectivity index (χ0) is 11.7. The molecule has 3 heteroatoms. The van der Waals surface area contributed by atoms with E-state index >= 15 is 0 Å². The predicted octanol–water partition coefficient (Wildman–Crippen LogP) is 2.52. The lowest BCUT2D eigenvalue weighted by Gasteiger charge is -2.22. The number of nitrogens with one attached hydrogen (secondary N) is 1. The lowest BCUT2D eigenvalue weighted by Crippen LogP contribution is -2.30. The van der Waals surface area contributed by atoms with Crippen molar-refractivity contribution in [1.29, 1.82) is 0 Å². The van der Waals surface area contributed by atoms with E-state index in [9.17, 15) is 5.11 Å². The molecule has 0 aliphatic rings. The fourth-order valence-electron chi connectivity index (χ4n) is 1.49. The maximum absolute atomic E-state index is 9.72. The number of hydrogen-bond donors (Lipinski definition) is 2. The Bertz CT molecular complexity index is 145. The van der Waals surface area contributed by atoms with Gasteiger partial charge < -0.3 is 10.4 Å². The molecule has 0 saturated heterocycles. The summed E-state index contributed by atoms with van der Waals surface area (Å²) in [5, 5.41) is 13.0. The molecule has 2 N–H and O–H groups in total. The largest absolute Gasteiger partial charge is 0.392 e. The summed E-state index contributed by atoms with van der Waals surface area (Å²) in [6.45, 7) is 10.4. The standard InChI is InChI=1S/C12H27NOS/c1-5-15-8-6-7-13-10-11(14)9-12(2,3)4/h11,13-14H,5-10H2,1-4H3. The van der Waals surface area contributed by atoms with Crippen molar-refractivity contribution in [1.82, 2.24) is 5.32 Å². The van der Waals surface area contributed by atoms with Crippen molar-refractivity contribution >= 4 is 11.8 Å². The molecule has 0 heterocycles. The fourth-order valence-corrected chi connectivity index (χ4v) is 2.13. The van der Waals surface area contributed by atoms with Crippen LogP contribution in [0.2, 0.25) is 0 Å². The Morgan fingerprint density at radius 1 is 1.33 bits per heavy atom. The maximum atomic E-state index is 9.72. The van der Waals surface area contributed by atoms with Crippen LogP contribution in [0.1, 0.15) is 40.5 Å². The number of aliphatic hydroxyl groups excluding tert-OH is 1. The highest BCUT2D eigenvalue weighted by molar-refractivity contribution is 7.99. The van der Waals surface area contributed by atoms with Gasteiger partial charge in [-0.05, 0) is 36.3 Å². The van der Waals surface area contributed by atoms with Crippen molar-refractivity contribution in [3.8, 4) is 0 Å². The van der Waals surface area contributed by atoms with Gasteiger partial charge in [0.15, 0.2) is 0 Å². The Balaban J connectivity index is 3.28. The predicted molar refractivity (Wildman–Crippen MR) is 70.6 cm³/mol. The molecule has 0 rings (SSSR count). The van der Waals surface area contributed by atoms with Gasteiger partial charge in [0.25, 0.3) is 0 Å². The molecule has 0 aliphatic carbocycles. The Kier molecular flexibility index (Phi) is 8.58. The summed E-state index contributed by atoms with van der Waals surface area (Å²) in [4.78, 5) is 0. The molecular weight excluding hydrogens is 206 g/mol. The molecule has 1 unspecified atom stereocenters. The zero-order valence-electron chi connectivity index (χ0n) is 10.7. The lowest BCUT2D eigenvalue weighted by molar-refractivity contribution is 0.120. The molecule has 0 amide bonds. The van der Waals surface area contributed by atoms with Crippen LogP contribution >= 0.6 is 11.8 Å². The molecule has 0 aliphatic heterocycles. The first kappa shape index (κ1) is 15.3. The Labute approximate surface area is 99.2 Å². The summed E-state index contributed by atoms with van der Waals surface area (Å²) in [6, 6.07) is 0. The minimum absolute atomic E-state index is 0.205. The van der Waals surface area contributed by atoms with E-state index in [4.69, 9.17) is 0 Å². The normalized spacial score (nSPS) is 14.2. The quantitative estimate of drug-likeness (QED) is 0.632. The van der Waals surface area contributed by atoms with E-state index < -0.39 is 0 Å². The lowest BCUT2D eigenvalue weighted by atomic mass is 9.89. The molecule has 0 bridgehead atoms. The molecule has 0 aromatic heterocycles. The molecule has 0 aromatic rings. The molecule has 0 saturated carbocycles. The van der Waals surface area contributed by atoms with Crippen LogP contribution in [0.3, 0.4) is 0 Å². The minimum Gasteiger partial charge on any atom is -0.392 e. The van der Waals surface area contributed by atoms with E-state index in [0.29, 0.717) is 0 Å². The summed E-state index contributed by atoms with van der Waals surface area (Å²) in [6.07, 6.45) is 1.86. The summed E-state index contributed by atoms with van der Waals surface area (Å²) in [5.74, 6) is 2.42. The number of hydrogen-bond acceptors (Lipinski definition) is 3. The average Bonchev–Trinajstić information content (AvgIpc) is 2.08. The van der Waals surface area contributed by atoms with E-state index in [1.54, 1.807) is 0 Å². The molecule has 0 radical (unpaired) electrons. The van der Waals surface area contributed by atoms with Crippen molar-refractivity contribution in [3.63, 3.8) is 0 Å². The molecular formula is C12H27NOS. The summed E-state index contributed by atoms with van der Waals surface area (Å²) in [7, 11) is 0. The van der Waals surface area contributed by atoms with Crippen LogP contribution in [0.4, 0.5) is 0 Å². The third kappa shape index (κ3) is 12.2. The van der Waals surface area contributed by atoms with Crippen molar-refractivity contribution in [2.75, 3.05) is 24.6 Å². The maximum Gasteiger partial charge on any atom is 0.0669 e. The van der Waals surface area contributed by atoms with Crippen LogP contribution in [0.5, 0.6) is 0 Å². The van der Waals surface area contributed by atoms with Gasteiger partial charge in [-0.25, -0.2) is 0 Å². The number of rotatable bonds is 8. The summed E-state index contributed by atoms with van der Waals surface area (Å²) < 4.78 is 0. The van der Waals surface area contributed by atoms with Gasteiger partial charge in [0.2, 0.25) is 0 Å². The first-order valence-corrected chi connectivity index (χ1v) is 7.07. The van der Waals surface area contributed by atoms with Crippen LogP contribution in [-0.4, -0.2) is 35.8 Å². The number of aliphatic hydroxyl groups is 1. The summed E-state index contributed by atoms with van der Waals surface area (Å²) in [5.41, 5.74) is 0.221. The van der Waals surface area contributed by atoms with E-state index in [0.717, 1.165) is 19.5 Å². The highest BCUT2D eigenvalue weighted by atomic mass is 32.2. The summed E-state index contributed by atoms with van der Waals surface area (Å²) >= 11 is 1.97. The van der Waals surface area contributed by atoms with Gasteiger partial charge >= 0.3 is 0 Å². The van der Waals surface area contributed by atoms with E-state index in [-0.39, 0.29) is 11.5 Å². The van der Waals surface area contributed by atoms with E-state index in [1.165, 1.54) is 17.9 Å². The number of thioether (sulfide) groups is 1. The minimum atomic E-state index is -0.205. The monoisotopic (exact) mass is 233 g/mol. The van der Waals surface area contributed by atoms with Gasteiger partial charge in [-0.15, -0.1) is 0 Å². The van der Waals surface area contributed by atoms with Crippen molar-refractivity contribution in [2.45, 2.75) is 46.6 Å². The van der Waals surface area contributed by atoms with Gasteiger partial charge in [-0.2, -0.15) is 11.8 Å². The fraction of sp³-hybridized carbons (Fsp3) is 1.00. The highest BCUT2D eigenvalue weighted by Crippen LogP contribution is 2.20. The van der Waals surface area contributed by atoms with Gasteiger partial charge in [0.1, 0.15) is 0 Å². The van der Waals surface area contributed by atoms with E-state index in [1.807, 2.05) is 11.8 Å². The molecule has 2 nitrogen and oxygen atoms in total. The molecule has 0 aromatic carbocycles. The van der Waals surface area contributed by atoms with Crippen molar-refractivity contribution < 1.29 is 5.11 Å². The van der Waals surface area contributed by atoms with Crippen molar-refractivity contribution in [2.24, 2.45) is 5.41 Å². The second-order valence-electron chi connectivity index (χ2n) is 5.17. The third-order valence-corrected chi connectivity index (χ3v) is 3.06. The van der Waals surface area contributed by atoms with Crippen LogP contribution in [0.25, 0.3) is 0 Å². The van der Waals surface area contributed by atoms with Gasteiger partial charge in [-0.1, -0.05) is 27.7 Å². The Morgan fingerprint density at radius 2 is 2.00 bits per heavy atom. The first-order chi connectivity index (χ1) is 6.95. The van der Waals surface area contributed by atoms with Gasteiger partial charge in [0.05, 0.1) is 6.10 Å².